The quantitative estimate of drug-likeness (QED) is 0.704. The summed E-state index contributed by atoms with van der Waals surface area (Å²) in [5.41, 5.74) is 0.567. The molecule has 0 saturated heterocycles. The number of aromatic nitrogens is 2. The van der Waals surface area contributed by atoms with E-state index in [1.807, 2.05) is 4.57 Å². The Morgan fingerprint density at radius 2 is 2.42 bits per heavy atom. The van der Waals surface area contributed by atoms with Crippen LogP contribution in [-0.2, 0) is 6.54 Å². The second kappa shape index (κ2) is 3.67. The molecule has 1 N–H and O–H groups in total. The number of hydrogen-bond acceptors (Lipinski definition) is 2. The van der Waals surface area contributed by atoms with Crippen molar-refractivity contribution >= 4 is 12.2 Å². The fourth-order valence-corrected chi connectivity index (χ4v) is 1.19. The number of aromatic amines is 1. The maximum atomic E-state index is 11.0. The summed E-state index contributed by atoms with van der Waals surface area (Å²) in [6.45, 7) is 6.22. The number of nitrogens with zero attached hydrogens (tertiary/aromatic N) is 1. The third kappa shape index (κ3) is 1.82. The molecule has 0 aliphatic carbocycles. The predicted molar refractivity (Wildman–Crippen MR) is 50.6 cm³/mol. The van der Waals surface area contributed by atoms with Crippen molar-refractivity contribution in [3.8, 4) is 0 Å². The van der Waals surface area contributed by atoms with Crippen molar-refractivity contribution in [2.45, 2.75) is 19.9 Å². The summed E-state index contributed by atoms with van der Waals surface area (Å²) < 4.78 is 2.29. The molecule has 0 fully saturated rings. The molecule has 0 aliphatic heterocycles. The lowest BCUT2D eigenvalue weighted by molar-refractivity contribution is 0.667. The van der Waals surface area contributed by atoms with E-state index >= 15 is 0 Å². The zero-order chi connectivity index (χ0) is 9.14. The van der Waals surface area contributed by atoms with Gasteiger partial charge in [0.2, 0.25) is 0 Å². The van der Waals surface area contributed by atoms with Crippen LogP contribution < -0.4 is 5.56 Å². The molecule has 3 nitrogen and oxygen atoms in total. The number of nitrogens with one attached hydrogen (secondary N) is 1. The first-order valence-electron chi connectivity index (χ1n) is 3.74. The summed E-state index contributed by atoms with van der Waals surface area (Å²) in [5.74, 6) is 0. The molecular weight excluding hydrogens is 172 g/mol. The maximum absolute atomic E-state index is 11.0. The summed E-state index contributed by atoms with van der Waals surface area (Å²) in [7, 11) is 0. The van der Waals surface area contributed by atoms with Crippen molar-refractivity contribution in [3.05, 3.63) is 33.8 Å². The van der Waals surface area contributed by atoms with Gasteiger partial charge in [-0.1, -0.05) is 6.92 Å². The third-order valence-electron chi connectivity index (χ3n) is 1.59. The van der Waals surface area contributed by atoms with Crippen LogP contribution in [0.25, 0.3) is 0 Å². The van der Waals surface area contributed by atoms with Gasteiger partial charge >= 0.3 is 0 Å². The number of H-pyrrole nitrogens is 1. The van der Waals surface area contributed by atoms with Gasteiger partial charge < -0.3 is 4.57 Å². The van der Waals surface area contributed by atoms with Gasteiger partial charge in [-0.25, -0.2) is 0 Å². The molecule has 1 aromatic rings. The normalized spacial score (nSPS) is 10.2. The Morgan fingerprint density at radius 1 is 1.75 bits per heavy atom. The fourth-order valence-electron chi connectivity index (χ4n) is 0.955. The van der Waals surface area contributed by atoms with E-state index < -0.39 is 0 Å². The molecule has 0 unspecified atom stereocenters. The van der Waals surface area contributed by atoms with Gasteiger partial charge in [0.15, 0.2) is 4.77 Å². The van der Waals surface area contributed by atoms with E-state index in [2.05, 4.69) is 11.9 Å². The Bertz CT molecular complexity index is 377. The van der Waals surface area contributed by atoms with E-state index in [1.165, 1.54) is 0 Å². The zero-order valence-corrected chi connectivity index (χ0v) is 7.78. The molecule has 0 bridgehead atoms. The van der Waals surface area contributed by atoms with Crippen molar-refractivity contribution in [2.75, 3.05) is 0 Å². The molecule has 1 aromatic heterocycles. The molecule has 0 aliphatic rings. The van der Waals surface area contributed by atoms with Crippen molar-refractivity contribution in [1.29, 1.82) is 0 Å². The van der Waals surface area contributed by atoms with E-state index in [0.29, 0.717) is 10.3 Å². The topological polar surface area (TPSA) is 37.8 Å². The average molecular weight is 183 g/mol. The van der Waals surface area contributed by atoms with Crippen LogP contribution >= 0.6 is 12.2 Å². The third-order valence-corrected chi connectivity index (χ3v) is 1.92. The lowest BCUT2D eigenvalue weighted by Crippen LogP contribution is -2.15. The monoisotopic (exact) mass is 183 g/mol. The molecule has 0 aromatic carbocycles. The van der Waals surface area contributed by atoms with Gasteiger partial charge in [-0.2, -0.15) is 0 Å². The molecule has 1 rings (SSSR count). The Hall–Kier alpha value is -0.900. The van der Waals surface area contributed by atoms with Gasteiger partial charge in [-0.05, 0) is 25.6 Å². The van der Waals surface area contributed by atoms with Crippen molar-refractivity contribution in [1.82, 2.24) is 9.55 Å². The fraction of sp³-hybridized carbons (Fsp3) is 0.375. The summed E-state index contributed by atoms with van der Waals surface area (Å²) >= 11 is 4.94. The van der Waals surface area contributed by atoms with Crippen LogP contribution in [0, 0.1) is 18.6 Å². The molecule has 1 heterocycles. The highest BCUT2D eigenvalue weighted by atomic mass is 32.1. The van der Waals surface area contributed by atoms with Gasteiger partial charge in [-0.3, -0.25) is 9.78 Å². The van der Waals surface area contributed by atoms with Crippen molar-refractivity contribution < 1.29 is 0 Å². The molecule has 0 amide bonds. The summed E-state index contributed by atoms with van der Waals surface area (Å²) in [6, 6.07) is 0. The highest BCUT2D eigenvalue weighted by Crippen LogP contribution is 1.93. The molecule has 0 atom stereocenters. The molecule has 65 valence electrons. The first-order valence-corrected chi connectivity index (χ1v) is 4.15. The average Bonchev–Trinajstić information content (AvgIpc) is 2.01. The molecule has 0 spiro atoms. The second-order valence-electron chi connectivity index (χ2n) is 2.62. The van der Waals surface area contributed by atoms with Gasteiger partial charge in [0.05, 0.1) is 0 Å². The van der Waals surface area contributed by atoms with E-state index in [9.17, 15) is 4.79 Å². The van der Waals surface area contributed by atoms with Gasteiger partial charge in [0.1, 0.15) is 0 Å². The van der Waals surface area contributed by atoms with Crippen LogP contribution in [0.5, 0.6) is 0 Å². The Morgan fingerprint density at radius 3 is 3.00 bits per heavy atom. The molecule has 0 saturated carbocycles. The smallest absolute Gasteiger partial charge is 0.254 e. The number of rotatable bonds is 2. The lowest BCUT2D eigenvalue weighted by Gasteiger charge is -2.04. The predicted octanol–water partition coefficient (Wildman–Crippen LogP) is 1.44. The van der Waals surface area contributed by atoms with Crippen LogP contribution in [0.2, 0.25) is 0 Å². The van der Waals surface area contributed by atoms with Crippen molar-refractivity contribution in [2.24, 2.45) is 0 Å². The second-order valence-corrected chi connectivity index (χ2v) is 3.01. The standard InChI is InChI=1S/C8H11N2OS/c1-3-4-10-5-6(2)7(11)9-8(10)12/h5H,1,3-4H2,2H3,(H,9,11,12). The SMILES string of the molecule is [CH2]CCn1cc(C)c(=O)[nH]c1=S. The maximum Gasteiger partial charge on any atom is 0.254 e. The zero-order valence-electron chi connectivity index (χ0n) is 6.96. The Balaban J connectivity index is 3.24. The van der Waals surface area contributed by atoms with Gasteiger partial charge in [-0.15, -0.1) is 0 Å². The van der Waals surface area contributed by atoms with Crippen LogP contribution in [-0.4, -0.2) is 9.55 Å². The van der Waals surface area contributed by atoms with Gasteiger partial charge in [0, 0.05) is 18.3 Å². The lowest BCUT2D eigenvalue weighted by atomic mass is 10.4. The first-order chi connectivity index (χ1) is 5.65. The highest BCUT2D eigenvalue weighted by molar-refractivity contribution is 7.71. The van der Waals surface area contributed by atoms with Crippen LogP contribution in [0.15, 0.2) is 11.0 Å². The van der Waals surface area contributed by atoms with E-state index in [0.717, 1.165) is 13.0 Å². The van der Waals surface area contributed by atoms with Crippen LogP contribution in [0.3, 0.4) is 0 Å². The highest BCUT2D eigenvalue weighted by Gasteiger charge is 1.95. The molecule has 1 radical (unpaired) electrons. The molecule has 12 heavy (non-hydrogen) atoms. The Kier molecular flexibility index (Phi) is 2.81. The first kappa shape index (κ1) is 9.19. The van der Waals surface area contributed by atoms with Crippen LogP contribution in [0.4, 0.5) is 0 Å². The summed E-state index contributed by atoms with van der Waals surface area (Å²) in [4.78, 5) is 13.6. The van der Waals surface area contributed by atoms with Crippen molar-refractivity contribution in [3.63, 3.8) is 0 Å². The summed E-state index contributed by atoms with van der Waals surface area (Å²) in [5, 5.41) is 0. The molecule has 4 heteroatoms. The minimum atomic E-state index is -0.111. The summed E-state index contributed by atoms with van der Waals surface area (Å²) in [6.07, 6.45) is 2.52. The van der Waals surface area contributed by atoms with E-state index in [1.54, 1.807) is 13.1 Å². The van der Waals surface area contributed by atoms with Crippen LogP contribution in [0.1, 0.15) is 12.0 Å². The van der Waals surface area contributed by atoms with E-state index in [-0.39, 0.29) is 5.56 Å². The van der Waals surface area contributed by atoms with E-state index in [4.69, 9.17) is 12.2 Å². The Labute approximate surface area is 76.1 Å². The largest absolute Gasteiger partial charge is 0.325 e. The minimum Gasteiger partial charge on any atom is -0.325 e. The minimum absolute atomic E-state index is 0.111. The number of aryl methyl sites for hydroxylation is 2. The number of hydrogen-bond donors (Lipinski definition) is 1. The molecular formula is C8H11N2OS. The van der Waals surface area contributed by atoms with Gasteiger partial charge in [0.25, 0.3) is 5.56 Å².